The van der Waals surface area contributed by atoms with Crippen molar-refractivity contribution in [3.05, 3.63) is 35.4 Å². The van der Waals surface area contributed by atoms with Gasteiger partial charge in [-0.3, -0.25) is 9.79 Å². The van der Waals surface area contributed by atoms with Gasteiger partial charge in [-0.15, -0.1) is 0 Å². The molecule has 6 nitrogen and oxygen atoms in total. The quantitative estimate of drug-likeness (QED) is 0.267. The predicted octanol–water partition coefficient (Wildman–Crippen LogP) is 2.92. The van der Waals surface area contributed by atoms with E-state index in [-0.39, 0.29) is 17.9 Å². The summed E-state index contributed by atoms with van der Waals surface area (Å²) in [6.07, 6.45) is 1.39. The molecule has 0 spiro atoms. The van der Waals surface area contributed by atoms with Crippen LogP contribution < -0.4 is 10.6 Å². The summed E-state index contributed by atoms with van der Waals surface area (Å²) >= 11 is 0. The lowest BCUT2D eigenvalue weighted by atomic mass is 9.86. The largest absolute Gasteiger partial charge is 0.469 e. The van der Waals surface area contributed by atoms with Crippen molar-refractivity contribution >= 4 is 11.9 Å². The average molecular weight is 378 g/mol. The number of carbonyl (C=O) groups excluding carboxylic acids is 1. The molecule has 1 aromatic rings. The zero-order chi connectivity index (χ0) is 20.3. The van der Waals surface area contributed by atoms with Crippen LogP contribution in [0.1, 0.15) is 64.2 Å². The molecular weight excluding hydrogens is 342 g/mol. The fourth-order valence-electron chi connectivity index (χ4n) is 2.53. The number of guanidine groups is 1. The standard InChI is InChI=1S/C21H35N3O3/c1-6-22-20(23-14-8-7-9-19(26)27-5)24-15-18(25)16-10-12-17(13-11-16)21(2,3)4/h10-13,18,25H,6-9,14-15H2,1-5H3,(H2,22,23,24). The van der Waals surface area contributed by atoms with Crippen LogP contribution in [-0.4, -0.2) is 43.8 Å². The summed E-state index contributed by atoms with van der Waals surface area (Å²) in [7, 11) is 1.40. The average Bonchev–Trinajstić information content (AvgIpc) is 2.64. The molecule has 0 heterocycles. The second kappa shape index (κ2) is 11.6. The summed E-state index contributed by atoms with van der Waals surface area (Å²) in [6.45, 7) is 10.2. The molecule has 152 valence electrons. The Balaban J connectivity index is 2.52. The highest BCUT2D eigenvalue weighted by Gasteiger charge is 2.14. The molecule has 0 aliphatic rings. The maximum Gasteiger partial charge on any atom is 0.305 e. The summed E-state index contributed by atoms with van der Waals surface area (Å²) in [5, 5.41) is 16.8. The summed E-state index contributed by atoms with van der Waals surface area (Å²) in [4.78, 5) is 15.6. The summed E-state index contributed by atoms with van der Waals surface area (Å²) in [5.74, 6) is 0.483. The number of unbranched alkanes of at least 4 members (excludes halogenated alkanes) is 1. The molecule has 0 aromatic heterocycles. The molecule has 0 radical (unpaired) electrons. The topological polar surface area (TPSA) is 83.0 Å². The number of aliphatic hydroxyl groups is 1. The lowest BCUT2D eigenvalue weighted by Gasteiger charge is -2.20. The molecule has 0 amide bonds. The number of aliphatic imine (C=N–C) groups is 1. The zero-order valence-electron chi connectivity index (χ0n) is 17.3. The number of carbonyl (C=O) groups is 1. The first kappa shape index (κ1) is 23.0. The maximum atomic E-state index is 11.1. The van der Waals surface area contributed by atoms with Gasteiger partial charge in [-0.1, -0.05) is 45.0 Å². The molecule has 0 aliphatic heterocycles. The van der Waals surface area contributed by atoms with Crippen LogP contribution in [-0.2, 0) is 14.9 Å². The number of methoxy groups -OCH3 is 1. The first-order valence-electron chi connectivity index (χ1n) is 9.65. The van der Waals surface area contributed by atoms with Crippen LogP contribution >= 0.6 is 0 Å². The van der Waals surface area contributed by atoms with Crippen molar-refractivity contribution in [2.75, 3.05) is 26.7 Å². The predicted molar refractivity (Wildman–Crippen MR) is 110 cm³/mol. The van der Waals surface area contributed by atoms with E-state index < -0.39 is 6.10 Å². The Bertz CT molecular complexity index is 592. The van der Waals surface area contributed by atoms with E-state index >= 15 is 0 Å². The molecule has 1 unspecified atom stereocenters. The lowest BCUT2D eigenvalue weighted by Crippen LogP contribution is -2.38. The molecule has 0 aliphatic carbocycles. The number of aliphatic hydroxyl groups excluding tert-OH is 1. The van der Waals surface area contributed by atoms with Crippen LogP contribution in [0, 0.1) is 0 Å². The van der Waals surface area contributed by atoms with Crippen molar-refractivity contribution in [2.24, 2.45) is 4.99 Å². The third-order valence-corrected chi connectivity index (χ3v) is 4.26. The Kier molecular flexibility index (Phi) is 9.86. The number of esters is 1. The van der Waals surface area contributed by atoms with E-state index in [0.717, 1.165) is 24.9 Å². The number of nitrogens with one attached hydrogen (secondary N) is 2. The van der Waals surface area contributed by atoms with E-state index in [4.69, 9.17) is 0 Å². The summed E-state index contributed by atoms with van der Waals surface area (Å²) in [5.41, 5.74) is 2.20. The van der Waals surface area contributed by atoms with E-state index in [0.29, 0.717) is 18.9 Å². The number of rotatable bonds is 9. The van der Waals surface area contributed by atoms with Crippen LogP contribution in [0.3, 0.4) is 0 Å². The van der Waals surface area contributed by atoms with Crippen molar-refractivity contribution < 1.29 is 14.6 Å². The van der Waals surface area contributed by atoms with E-state index in [1.165, 1.54) is 12.7 Å². The molecule has 1 rings (SSSR count). The third kappa shape index (κ3) is 8.91. The van der Waals surface area contributed by atoms with Gasteiger partial charge in [0.25, 0.3) is 0 Å². The molecule has 27 heavy (non-hydrogen) atoms. The summed E-state index contributed by atoms with van der Waals surface area (Å²) < 4.78 is 4.63. The highest BCUT2D eigenvalue weighted by Crippen LogP contribution is 2.24. The molecule has 6 heteroatoms. The molecule has 0 bridgehead atoms. The monoisotopic (exact) mass is 377 g/mol. The Morgan fingerprint density at radius 3 is 2.41 bits per heavy atom. The van der Waals surface area contributed by atoms with E-state index in [2.05, 4.69) is 53.3 Å². The number of benzene rings is 1. The molecule has 3 N–H and O–H groups in total. The van der Waals surface area contributed by atoms with Gasteiger partial charge in [0.15, 0.2) is 5.96 Å². The zero-order valence-corrected chi connectivity index (χ0v) is 17.3. The molecule has 0 fully saturated rings. The van der Waals surface area contributed by atoms with Crippen molar-refractivity contribution in [1.29, 1.82) is 0 Å². The molecule has 0 saturated carbocycles. The lowest BCUT2D eigenvalue weighted by molar-refractivity contribution is -0.140. The normalized spacial score (nSPS) is 13.2. The van der Waals surface area contributed by atoms with Crippen LogP contribution in [0.25, 0.3) is 0 Å². The van der Waals surface area contributed by atoms with Crippen molar-refractivity contribution in [1.82, 2.24) is 10.6 Å². The van der Waals surface area contributed by atoms with Crippen LogP contribution in [0.5, 0.6) is 0 Å². The number of nitrogens with zero attached hydrogens (tertiary/aromatic N) is 1. The fourth-order valence-corrected chi connectivity index (χ4v) is 2.53. The Hall–Kier alpha value is -2.08. The van der Waals surface area contributed by atoms with Gasteiger partial charge in [0.05, 0.1) is 19.8 Å². The minimum absolute atomic E-state index is 0.0949. The first-order valence-corrected chi connectivity index (χ1v) is 9.65. The first-order chi connectivity index (χ1) is 12.8. The van der Waals surface area contributed by atoms with Crippen molar-refractivity contribution in [3.63, 3.8) is 0 Å². The van der Waals surface area contributed by atoms with E-state index in [1.807, 2.05) is 19.1 Å². The van der Waals surface area contributed by atoms with Crippen LogP contribution in [0.15, 0.2) is 29.3 Å². The Morgan fingerprint density at radius 2 is 1.85 bits per heavy atom. The molecular formula is C21H35N3O3. The van der Waals surface area contributed by atoms with Gasteiger partial charge in [-0.2, -0.15) is 0 Å². The smallest absolute Gasteiger partial charge is 0.305 e. The van der Waals surface area contributed by atoms with Crippen molar-refractivity contribution in [3.8, 4) is 0 Å². The fraction of sp³-hybridized carbons (Fsp3) is 0.619. The maximum absolute atomic E-state index is 11.1. The minimum Gasteiger partial charge on any atom is -0.469 e. The van der Waals surface area contributed by atoms with Gasteiger partial charge in [0.1, 0.15) is 0 Å². The van der Waals surface area contributed by atoms with Crippen LogP contribution in [0.2, 0.25) is 0 Å². The van der Waals surface area contributed by atoms with Gasteiger partial charge in [0.2, 0.25) is 0 Å². The summed E-state index contributed by atoms with van der Waals surface area (Å²) in [6, 6.07) is 8.06. The van der Waals surface area contributed by atoms with Gasteiger partial charge in [0, 0.05) is 19.5 Å². The van der Waals surface area contributed by atoms with Crippen LogP contribution in [0.4, 0.5) is 0 Å². The Morgan fingerprint density at radius 1 is 1.19 bits per heavy atom. The van der Waals surface area contributed by atoms with Gasteiger partial charge in [-0.25, -0.2) is 0 Å². The minimum atomic E-state index is -0.645. The highest BCUT2D eigenvalue weighted by atomic mass is 16.5. The molecule has 1 atom stereocenters. The number of ether oxygens (including phenoxy) is 1. The second-order valence-corrected chi connectivity index (χ2v) is 7.57. The highest BCUT2D eigenvalue weighted by molar-refractivity contribution is 5.79. The number of hydrogen-bond donors (Lipinski definition) is 3. The van der Waals surface area contributed by atoms with Crippen molar-refractivity contribution in [2.45, 2.75) is 58.5 Å². The van der Waals surface area contributed by atoms with E-state index in [1.54, 1.807) is 0 Å². The third-order valence-electron chi connectivity index (χ3n) is 4.26. The molecule has 0 saturated heterocycles. The van der Waals surface area contributed by atoms with E-state index in [9.17, 15) is 9.90 Å². The van der Waals surface area contributed by atoms with Gasteiger partial charge < -0.3 is 20.5 Å². The Labute approximate surface area is 163 Å². The SMILES string of the molecule is CCNC(=NCC(O)c1ccc(C(C)(C)C)cc1)NCCCCC(=O)OC. The second-order valence-electron chi connectivity index (χ2n) is 7.57. The number of hydrogen-bond acceptors (Lipinski definition) is 4. The molecule has 1 aromatic carbocycles. The van der Waals surface area contributed by atoms with Gasteiger partial charge >= 0.3 is 5.97 Å². The van der Waals surface area contributed by atoms with Gasteiger partial charge in [-0.05, 0) is 36.3 Å².